The van der Waals surface area contributed by atoms with Crippen LogP contribution in [0.2, 0.25) is 0 Å². The van der Waals surface area contributed by atoms with Gasteiger partial charge in [-0.1, -0.05) is 31.7 Å². The lowest BCUT2D eigenvalue weighted by Gasteiger charge is -2.20. The van der Waals surface area contributed by atoms with Crippen LogP contribution in [0.15, 0.2) is 47.9 Å². The maximum atomic E-state index is 4.16. The predicted octanol–water partition coefficient (Wildman–Crippen LogP) is 4.41. The van der Waals surface area contributed by atoms with Crippen molar-refractivity contribution in [3.8, 4) is 0 Å². The molecule has 1 atom stereocenters. The molecule has 0 amide bonds. The molecule has 17 heavy (non-hydrogen) atoms. The smallest absolute Gasteiger partial charge is 0.0436 e. The van der Waals surface area contributed by atoms with Crippen molar-refractivity contribution in [2.45, 2.75) is 38.4 Å². The molecule has 0 heterocycles. The molecule has 0 aromatic rings. The second kappa shape index (κ2) is 7.44. The SMILES string of the molecule is C=C(NC1=C(C)CC=CCC=C1)C(CC)SC. The van der Waals surface area contributed by atoms with E-state index >= 15 is 0 Å². The van der Waals surface area contributed by atoms with Crippen LogP contribution in [0.4, 0.5) is 0 Å². The summed E-state index contributed by atoms with van der Waals surface area (Å²) in [6.45, 7) is 8.54. The molecule has 0 saturated heterocycles. The lowest BCUT2D eigenvalue weighted by molar-refractivity contribution is 0.835. The van der Waals surface area contributed by atoms with Crippen LogP contribution >= 0.6 is 11.8 Å². The molecule has 1 nitrogen and oxygen atoms in total. The van der Waals surface area contributed by atoms with Gasteiger partial charge in [0.05, 0.1) is 0 Å². The Morgan fingerprint density at radius 2 is 2.24 bits per heavy atom. The minimum Gasteiger partial charge on any atom is -0.359 e. The van der Waals surface area contributed by atoms with E-state index < -0.39 is 0 Å². The first kappa shape index (κ1) is 14.2. The highest BCUT2D eigenvalue weighted by atomic mass is 32.2. The first-order chi connectivity index (χ1) is 8.19. The molecule has 1 aliphatic carbocycles. The van der Waals surface area contributed by atoms with E-state index in [1.807, 2.05) is 11.8 Å². The molecule has 0 aromatic carbocycles. The standard InChI is InChI=1S/C15H23NS/c1-5-15(17-4)13(3)16-14-11-9-7-6-8-10-12(14)2/h6,8-9,11,15-16H,3,5,7,10H2,1-2,4H3. The molecule has 2 heteroatoms. The third-order valence-corrected chi connectivity index (χ3v) is 4.13. The summed E-state index contributed by atoms with van der Waals surface area (Å²) in [6.07, 6.45) is 14.1. The van der Waals surface area contributed by atoms with Gasteiger partial charge in [0.25, 0.3) is 0 Å². The second-order valence-electron chi connectivity index (χ2n) is 4.29. The van der Waals surface area contributed by atoms with Crippen LogP contribution in [-0.2, 0) is 0 Å². The van der Waals surface area contributed by atoms with Crippen LogP contribution in [-0.4, -0.2) is 11.5 Å². The zero-order valence-electron chi connectivity index (χ0n) is 11.1. The average Bonchev–Trinajstić information content (AvgIpc) is 2.30. The van der Waals surface area contributed by atoms with Gasteiger partial charge in [-0.15, -0.1) is 0 Å². The van der Waals surface area contributed by atoms with Crippen molar-refractivity contribution >= 4 is 11.8 Å². The highest BCUT2D eigenvalue weighted by molar-refractivity contribution is 7.99. The molecule has 1 aliphatic rings. The fourth-order valence-electron chi connectivity index (χ4n) is 1.83. The number of hydrogen-bond acceptors (Lipinski definition) is 2. The first-order valence-corrected chi connectivity index (χ1v) is 7.47. The van der Waals surface area contributed by atoms with Crippen molar-refractivity contribution in [3.63, 3.8) is 0 Å². The average molecular weight is 249 g/mol. The summed E-state index contributed by atoms with van der Waals surface area (Å²) in [5.74, 6) is 0. The molecule has 0 aromatic heterocycles. The monoisotopic (exact) mass is 249 g/mol. The highest BCUT2D eigenvalue weighted by Gasteiger charge is 2.10. The van der Waals surface area contributed by atoms with E-state index in [9.17, 15) is 0 Å². The van der Waals surface area contributed by atoms with Gasteiger partial charge >= 0.3 is 0 Å². The Morgan fingerprint density at radius 1 is 1.47 bits per heavy atom. The summed E-state index contributed by atoms with van der Waals surface area (Å²) >= 11 is 1.85. The van der Waals surface area contributed by atoms with E-state index in [0.29, 0.717) is 5.25 Å². The van der Waals surface area contributed by atoms with Crippen LogP contribution in [0.1, 0.15) is 33.1 Å². The maximum Gasteiger partial charge on any atom is 0.0436 e. The van der Waals surface area contributed by atoms with Crippen LogP contribution < -0.4 is 5.32 Å². The summed E-state index contributed by atoms with van der Waals surface area (Å²) in [7, 11) is 0. The third-order valence-electron chi connectivity index (χ3n) is 2.95. The van der Waals surface area contributed by atoms with Crippen molar-refractivity contribution in [2.75, 3.05) is 6.26 Å². The van der Waals surface area contributed by atoms with E-state index in [2.05, 4.69) is 56.3 Å². The Labute approximate surface area is 110 Å². The van der Waals surface area contributed by atoms with Gasteiger partial charge in [-0.2, -0.15) is 11.8 Å². The molecule has 0 bridgehead atoms. The van der Waals surface area contributed by atoms with Crippen LogP contribution in [0.25, 0.3) is 0 Å². The molecule has 0 aliphatic heterocycles. The zero-order chi connectivity index (χ0) is 12.7. The molecule has 0 saturated carbocycles. The lowest BCUT2D eigenvalue weighted by Crippen LogP contribution is -2.20. The van der Waals surface area contributed by atoms with Gasteiger partial charge in [-0.25, -0.2) is 0 Å². The van der Waals surface area contributed by atoms with E-state index in [4.69, 9.17) is 0 Å². The molecule has 0 radical (unpaired) electrons. The van der Waals surface area contributed by atoms with Gasteiger partial charge in [0.15, 0.2) is 0 Å². The van der Waals surface area contributed by atoms with Gasteiger partial charge in [0, 0.05) is 16.6 Å². The van der Waals surface area contributed by atoms with Gasteiger partial charge in [-0.05, 0) is 44.1 Å². The summed E-state index contributed by atoms with van der Waals surface area (Å²) in [5, 5.41) is 3.97. The van der Waals surface area contributed by atoms with E-state index in [0.717, 1.165) is 25.0 Å². The first-order valence-electron chi connectivity index (χ1n) is 6.19. The molecule has 94 valence electrons. The van der Waals surface area contributed by atoms with Crippen LogP contribution in [0.3, 0.4) is 0 Å². The maximum absolute atomic E-state index is 4.16. The minimum absolute atomic E-state index is 0.490. The fraction of sp³-hybridized carbons (Fsp3) is 0.467. The molecule has 0 fully saturated rings. The predicted molar refractivity (Wildman–Crippen MR) is 80.1 cm³/mol. The van der Waals surface area contributed by atoms with E-state index in [1.165, 1.54) is 11.3 Å². The molecule has 1 N–H and O–H groups in total. The lowest BCUT2D eigenvalue weighted by atomic mass is 10.1. The van der Waals surface area contributed by atoms with Crippen molar-refractivity contribution in [3.05, 3.63) is 47.9 Å². The Balaban J connectivity index is 2.74. The van der Waals surface area contributed by atoms with Gasteiger partial charge in [0.2, 0.25) is 0 Å². The van der Waals surface area contributed by atoms with Gasteiger partial charge in [-0.3, -0.25) is 0 Å². The minimum atomic E-state index is 0.490. The Hall–Kier alpha value is -0.890. The normalized spacial score (nSPS) is 17.6. The number of hydrogen-bond donors (Lipinski definition) is 1. The van der Waals surface area contributed by atoms with Crippen molar-refractivity contribution < 1.29 is 0 Å². The quantitative estimate of drug-likeness (QED) is 0.724. The fourth-order valence-corrected chi connectivity index (χ4v) is 2.51. The molecule has 1 unspecified atom stereocenters. The van der Waals surface area contributed by atoms with Crippen LogP contribution in [0, 0.1) is 0 Å². The largest absolute Gasteiger partial charge is 0.359 e. The van der Waals surface area contributed by atoms with Gasteiger partial charge in [0.1, 0.15) is 0 Å². The van der Waals surface area contributed by atoms with Crippen molar-refractivity contribution in [1.29, 1.82) is 0 Å². The second-order valence-corrected chi connectivity index (χ2v) is 5.33. The molecular formula is C15H23NS. The molecule has 0 spiro atoms. The summed E-state index contributed by atoms with van der Waals surface area (Å²) < 4.78 is 0. The van der Waals surface area contributed by atoms with Crippen LogP contribution in [0.5, 0.6) is 0 Å². The molecule has 1 rings (SSSR count). The van der Waals surface area contributed by atoms with E-state index in [-0.39, 0.29) is 0 Å². The number of thioether (sulfide) groups is 1. The summed E-state index contributed by atoms with van der Waals surface area (Å²) in [4.78, 5) is 0. The zero-order valence-corrected chi connectivity index (χ0v) is 11.9. The Kier molecular flexibility index (Phi) is 6.20. The van der Waals surface area contributed by atoms with E-state index in [1.54, 1.807) is 0 Å². The third kappa shape index (κ3) is 4.47. The molecular weight excluding hydrogens is 226 g/mol. The Morgan fingerprint density at radius 3 is 2.88 bits per heavy atom. The van der Waals surface area contributed by atoms with Crippen molar-refractivity contribution in [1.82, 2.24) is 5.32 Å². The summed E-state index contributed by atoms with van der Waals surface area (Å²) in [5.41, 5.74) is 3.70. The number of rotatable bonds is 5. The number of nitrogens with one attached hydrogen (secondary N) is 1. The highest BCUT2D eigenvalue weighted by Crippen LogP contribution is 2.20. The number of allylic oxidation sites excluding steroid dienone is 5. The van der Waals surface area contributed by atoms with Crippen molar-refractivity contribution in [2.24, 2.45) is 0 Å². The summed E-state index contributed by atoms with van der Waals surface area (Å²) in [6, 6.07) is 0. The topological polar surface area (TPSA) is 12.0 Å². The van der Waals surface area contributed by atoms with Gasteiger partial charge < -0.3 is 5.32 Å². The Bertz CT molecular complexity index is 346.